The average molecular weight is 392 g/mol. The summed E-state index contributed by atoms with van der Waals surface area (Å²) in [6.45, 7) is 7.92. The summed E-state index contributed by atoms with van der Waals surface area (Å²) >= 11 is 0. The number of aliphatic hydroxyl groups is 1. The first-order valence-electron chi connectivity index (χ1n) is 8.96. The highest BCUT2D eigenvalue weighted by Crippen LogP contribution is 2.12. The van der Waals surface area contributed by atoms with Crippen molar-refractivity contribution >= 4 is 18.0 Å². The maximum absolute atomic E-state index is 12.8. The fourth-order valence-corrected chi connectivity index (χ4v) is 2.37. The van der Waals surface area contributed by atoms with E-state index in [2.05, 4.69) is 17.2 Å². The van der Waals surface area contributed by atoms with Gasteiger partial charge >= 0.3 is 12.1 Å². The topological polar surface area (TPSA) is 114 Å². The lowest BCUT2D eigenvalue weighted by molar-refractivity contribution is -0.154. The highest BCUT2D eigenvalue weighted by atomic mass is 16.5. The third-order valence-electron chi connectivity index (χ3n) is 3.74. The van der Waals surface area contributed by atoms with Crippen LogP contribution in [0.1, 0.15) is 26.3 Å². The third-order valence-corrected chi connectivity index (χ3v) is 3.74. The third kappa shape index (κ3) is 7.79. The number of carbonyl (C=O) groups excluding carboxylic acids is 3. The summed E-state index contributed by atoms with van der Waals surface area (Å²) in [4.78, 5) is 36.9. The molecule has 1 aromatic rings. The second-order valence-electron chi connectivity index (χ2n) is 6.62. The molecule has 0 saturated heterocycles. The van der Waals surface area contributed by atoms with Crippen molar-refractivity contribution in [2.75, 3.05) is 13.2 Å². The number of hydrogen-bond donors (Lipinski definition) is 3. The molecule has 2 amide bonds. The maximum atomic E-state index is 12.8. The number of rotatable bonds is 10. The van der Waals surface area contributed by atoms with Crippen molar-refractivity contribution in [1.82, 2.24) is 10.6 Å². The van der Waals surface area contributed by atoms with Gasteiger partial charge in [-0.05, 0) is 26.3 Å². The van der Waals surface area contributed by atoms with E-state index in [4.69, 9.17) is 9.47 Å². The molecule has 0 aliphatic carbocycles. The molecule has 0 aliphatic heterocycles. The van der Waals surface area contributed by atoms with E-state index in [0.717, 1.165) is 5.56 Å². The molecule has 1 aromatic carbocycles. The van der Waals surface area contributed by atoms with Crippen molar-refractivity contribution in [2.45, 2.75) is 44.9 Å². The van der Waals surface area contributed by atoms with Crippen LogP contribution in [-0.4, -0.2) is 54.0 Å². The molecule has 0 bridgehead atoms. The minimum Gasteiger partial charge on any atom is -0.464 e. The van der Waals surface area contributed by atoms with Gasteiger partial charge in [-0.3, -0.25) is 4.79 Å². The maximum Gasteiger partial charge on any atom is 0.408 e. The van der Waals surface area contributed by atoms with E-state index in [1.165, 1.54) is 19.9 Å². The standard InChI is InChI=1S/C20H28N2O6/c1-5-12-28-19(25)21-15(13-14-10-8-7-9-11-14)17(23)22-16(20(3,4)26)18(24)27-6-2/h5,7-11,15-16,26H,1,6,12-13H2,2-4H3,(H,21,25)(H,22,23)/t15-,16?/m0/s1. The number of carbonyl (C=O) groups is 3. The van der Waals surface area contributed by atoms with Crippen LogP contribution in [0.15, 0.2) is 43.0 Å². The van der Waals surface area contributed by atoms with Crippen LogP contribution >= 0.6 is 0 Å². The highest BCUT2D eigenvalue weighted by molar-refractivity contribution is 5.90. The van der Waals surface area contributed by atoms with E-state index in [0.29, 0.717) is 0 Å². The molecule has 0 fully saturated rings. The number of ether oxygens (including phenoxy) is 2. The van der Waals surface area contributed by atoms with Crippen molar-refractivity contribution in [3.63, 3.8) is 0 Å². The zero-order valence-electron chi connectivity index (χ0n) is 16.4. The lowest BCUT2D eigenvalue weighted by atomic mass is 9.97. The molecule has 1 unspecified atom stereocenters. The smallest absolute Gasteiger partial charge is 0.408 e. The van der Waals surface area contributed by atoms with E-state index < -0.39 is 35.7 Å². The first kappa shape index (κ1) is 23.2. The van der Waals surface area contributed by atoms with Crippen molar-refractivity contribution in [1.29, 1.82) is 0 Å². The molecule has 0 radical (unpaired) electrons. The molecule has 0 aromatic heterocycles. The van der Waals surface area contributed by atoms with Crippen LogP contribution in [0.25, 0.3) is 0 Å². The Morgan fingerprint density at radius 3 is 2.36 bits per heavy atom. The van der Waals surface area contributed by atoms with Crippen molar-refractivity contribution in [2.24, 2.45) is 0 Å². The second kappa shape index (κ2) is 11.1. The number of benzene rings is 1. The predicted octanol–water partition coefficient (Wildman–Crippen LogP) is 1.33. The van der Waals surface area contributed by atoms with Gasteiger partial charge in [-0.15, -0.1) is 0 Å². The lowest BCUT2D eigenvalue weighted by Crippen LogP contribution is -2.59. The minimum atomic E-state index is -1.57. The summed E-state index contributed by atoms with van der Waals surface area (Å²) in [7, 11) is 0. The Morgan fingerprint density at radius 2 is 1.82 bits per heavy atom. The van der Waals surface area contributed by atoms with E-state index in [-0.39, 0.29) is 19.6 Å². The van der Waals surface area contributed by atoms with Crippen LogP contribution in [0.2, 0.25) is 0 Å². The Balaban J connectivity index is 2.98. The van der Waals surface area contributed by atoms with E-state index in [9.17, 15) is 19.5 Å². The molecule has 28 heavy (non-hydrogen) atoms. The zero-order chi connectivity index (χ0) is 21.2. The first-order chi connectivity index (χ1) is 13.2. The van der Waals surface area contributed by atoms with Crippen LogP contribution in [0, 0.1) is 0 Å². The largest absolute Gasteiger partial charge is 0.464 e. The van der Waals surface area contributed by atoms with Gasteiger partial charge in [0.25, 0.3) is 0 Å². The van der Waals surface area contributed by atoms with Gasteiger partial charge in [-0.2, -0.15) is 0 Å². The number of amides is 2. The Kier molecular flexibility index (Phi) is 9.17. The molecule has 154 valence electrons. The van der Waals surface area contributed by atoms with Gasteiger partial charge in [0.1, 0.15) is 12.6 Å². The fraction of sp³-hybridized carbons (Fsp3) is 0.450. The predicted molar refractivity (Wildman–Crippen MR) is 103 cm³/mol. The van der Waals surface area contributed by atoms with Gasteiger partial charge in [0.2, 0.25) is 5.91 Å². The number of alkyl carbamates (subject to hydrolysis) is 1. The molecular weight excluding hydrogens is 364 g/mol. The molecule has 0 saturated carbocycles. The SMILES string of the molecule is C=CCOC(=O)N[C@@H](Cc1ccccc1)C(=O)NC(C(=O)OCC)C(C)(C)O. The molecular formula is C20H28N2O6. The Labute approximate surface area is 164 Å². The van der Waals surface area contributed by atoms with Crippen molar-refractivity contribution in [3.8, 4) is 0 Å². The van der Waals surface area contributed by atoms with Crippen molar-refractivity contribution < 1.29 is 29.0 Å². The van der Waals surface area contributed by atoms with Gasteiger partial charge in [-0.1, -0.05) is 43.0 Å². The summed E-state index contributed by atoms with van der Waals surface area (Å²) in [5.74, 6) is -1.42. The zero-order valence-corrected chi connectivity index (χ0v) is 16.4. The molecule has 1 rings (SSSR count). The average Bonchev–Trinajstić information content (AvgIpc) is 2.63. The van der Waals surface area contributed by atoms with Crippen molar-refractivity contribution in [3.05, 3.63) is 48.6 Å². The number of nitrogens with one attached hydrogen (secondary N) is 2. The van der Waals surface area contributed by atoms with Crippen LogP contribution < -0.4 is 10.6 Å². The van der Waals surface area contributed by atoms with E-state index in [1.54, 1.807) is 31.2 Å². The van der Waals surface area contributed by atoms with Gasteiger partial charge in [0, 0.05) is 6.42 Å². The Hall–Kier alpha value is -2.87. The normalized spacial score (nSPS) is 13.0. The summed E-state index contributed by atoms with van der Waals surface area (Å²) in [6.07, 6.45) is 0.765. The molecule has 8 nitrogen and oxygen atoms in total. The van der Waals surface area contributed by atoms with Crippen LogP contribution in [-0.2, 0) is 25.5 Å². The highest BCUT2D eigenvalue weighted by Gasteiger charge is 2.37. The van der Waals surface area contributed by atoms with Crippen LogP contribution in [0.4, 0.5) is 4.79 Å². The van der Waals surface area contributed by atoms with Gasteiger partial charge in [0.05, 0.1) is 12.2 Å². The molecule has 8 heteroatoms. The van der Waals surface area contributed by atoms with Gasteiger partial charge in [-0.25, -0.2) is 9.59 Å². The summed E-state index contributed by atoms with van der Waals surface area (Å²) in [5, 5.41) is 15.2. The quantitative estimate of drug-likeness (QED) is 0.409. The molecule has 0 heterocycles. The summed E-state index contributed by atoms with van der Waals surface area (Å²) in [6, 6.07) is 6.71. The summed E-state index contributed by atoms with van der Waals surface area (Å²) in [5.41, 5.74) is -0.773. The molecule has 0 spiro atoms. The van der Waals surface area contributed by atoms with E-state index >= 15 is 0 Å². The number of esters is 1. The van der Waals surface area contributed by atoms with E-state index in [1.807, 2.05) is 6.07 Å². The van der Waals surface area contributed by atoms with Crippen LogP contribution in [0.3, 0.4) is 0 Å². The summed E-state index contributed by atoms with van der Waals surface area (Å²) < 4.78 is 9.81. The van der Waals surface area contributed by atoms with Gasteiger partial charge in [0.15, 0.2) is 6.04 Å². The second-order valence-corrected chi connectivity index (χ2v) is 6.62. The molecule has 3 N–H and O–H groups in total. The molecule has 2 atom stereocenters. The lowest BCUT2D eigenvalue weighted by Gasteiger charge is -2.29. The minimum absolute atomic E-state index is 0.0133. The fourth-order valence-electron chi connectivity index (χ4n) is 2.37. The Morgan fingerprint density at radius 1 is 1.18 bits per heavy atom. The van der Waals surface area contributed by atoms with Crippen LogP contribution in [0.5, 0.6) is 0 Å². The Bertz CT molecular complexity index is 669. The first-order valence-corrected chi connectivity index (χ1v) is 8.96. The number of hydrogen-bond acceptors (Lipinski definition) is 6. The monoisotopic (exact) mass is 392 g/mol. The molecule has 0 aliphatic rings. The van der Waals surface area contributed by atoms with Gasteiger partial charge < -0.3 is 25.2 Å².